The number of halogens is 2. The van der Waals surface area contributed by atoms with Crippen molar-refractivity contribution in [2.24, 2.45) is 4.99 Å². The fraction of sp³-hybridized carbons (Fsp3) is 0.333. The predicted molar refractivity (Wildman–Crippen MR) is 129 cm³/mol. The van der Waals surface area contributed by atoms with Crippen LogP contribution < -0.4 is 25.6 Å². The molecule has 7 nitrogen and oxygen atoms in total. The van der Waals surface area contributed by atoms with Crippen LogP contribution >= 0.6 is 24.0 Å². The molecule has 3 N–H and O–H groups in total. The maximum absolute atomic E-state index is 12.9. The number of methoxy groups -OCH3 is 1. The largest absolute Gasteiger partial charge is 0.495 e. The van der Waals surface area contributed by atoms with Crippen molar-refractivity contribution in [3.05, 3.63) is 54.3 Å². The summed E-state index contributed by atoms with van der Waals surface area (Å²) >= 11 is 0. The second-order valence-electron chi connectivity index (χ2n) is 6.73. The zero-order chi connectivity index (χ0) is 20.6. The molecule has 30 heavy (non-hydrogen) atoms. The van der Waals surface area contributed by atoms with Gasteiger partial charge in [0, 0.05) is 31.9 Å². The van der Waals surface area contributed by atoms with Gasteiger partial charge in [-0.25, -0.2) is 4.39 Å². The van der Waals surface area contributed by atoms with Crippen molar-refractivity contribution in [2.45, 2.75) is 12.5 Å². The first-order chi connectivity index (χ1) is 14.1. The molecule has 1 amide bonds. The van der Waals surface area contributed by atoms with E-state index in [0.29, 0.717) is 11.6 Å². The number of benzene rings is 2. The highest BCUT2D eigenvalue weighted by molar-refractivity contribution is 14.0. The zero-order valence-electron chi connectivity index (χ0n) is 17.0. The number of anilines is 2. The molecule has 0 spiro atoms. The number of hydrogen-bond donors (Lipinski definition) is 3. The molecule has 2 aromatic rings. The van der Waals surface area contributed by atoms with E-state index in [9.17, 15) is 9.18 Å². The van der Waals surface area contributed by atoms with Crippen molar-refractivity contribution in [3.8, 4) is 5.75 Å². The Hall–Kier alpha value is -2.56. The van der Waals surface area contributed by atoms with E-state index in [0.717, 1.165) is 30.9 Å². The van der Waals surface area contributed by atoms with Gasteiger partial charge in [0.2, 0.25) is 5.91 Å². The second-order valence-corrected chi connectivity index (χ2v) is 6.73. The highest BCUT2D eigenvalue weighted by Gasteiger charge is 2.25. The SMILES string of the molecule is CN=C(NCC(=O)Nc1ccc(F)cc1)NC1CCN(c2ccccc2OC)C1.I. The Labute approximate surface area is 193 Å². The van der Waals surface area contributed by atoms with Gasteiger partial charge < -0.3 is 25.6 Å². The van der Waals surface area contributed by atoms with Crippen molar-refractivity contribution in [2.75, 3.05) is 44.0 Å². The maximum Gasteiger partial charge on any atom is 0.243 e. The van der Waals surface area contributed by atoms with E-state index in [1.165, 1.54) is 24.3 Å². The molecule has 0 bridgehead atoms. The summed E-state index contributed by atoms with van der Waals surface area (Å²) in [6.07, 6.45) is 0.945. The summed E-state index contributed by atoms with van der Waals surface area (Å²) in [4.78, 5) is 18.6. The van der Waals surface area contributed by atoms with Gasteiger partial charge in [0.1, 0.15) is 11.6 Å². The molecule has 0 aromatic heterocycles. The monoisotopic (exact) mass is 527 g/mol. The van der Waals surface area contributed by atoms with Crippen LogP contribution in [0.3, 0.4) is 0 Å². The first kappa shape index (κ1) is 23.7. The number of nitrogens with zero attached hydrogens (tertiary/aromatic N) is 2. The third-order valence-corrected chi connectivity index (χ3v) is 4.72. The van der Waals surface area contributed by atoms with E-state index >= 15 is 0 Å². The van der Waals surface area contributed by atoms with Crippen LogP contribution in [0.2, 0.25) is 0 Å². The van der Waals surface area contributed by atoms with Gasteiger partial charge in [-0.05, 0) is 42.8 Å². The molecule has 162 valence electrons. The predicted octanol–water partition coefficient (Wildman–Crippen LogP) is 2.83. The van der Waals surface area contributed by atoms with E-state index in [1.807, 2.05) is 24.3 Å². The molecule has 1 saturated heterocycles. The van der Waals surface area contributed by atoms with Gasteiger partial charge in [-0.1, -0.05) is 12.1 Å². The zero-order valence-corrected chi connectivity index (χ0v) is 19.4. The van der Waals surface area contributed by atoms with Crippen LogP contribution in [0.25, 0.3) is 0 Å². The minimum absolute atomic E-state index is 0. The smallest absolute Gasteiger partial charge is 0.243 e. The fourth-order valence-corrected chi connectivity index (χ4v) is 3.28. The number of ether oxygens (including phenoxy) is 1. The van der Waals surface area contributed by atoms with Gasteiger partial charge in [0.25, 0.3) is 0 Å². The highest BCUT2D eigenvalue weighted by atomic mass is 127. The average Bonchev–Trinajstić information content (AvgIpc) is 3.21. The molecule has 1 atom stereocenters. The lowest BCUT2D eigenvalue weighted by Crippen LogP contribution is -2.46. The van der Waals surface area contributed by atoms with Crippen LogP contribution in [0.1, 0.15) is 6.42 Å². The Balaban J connectivity index is 0.00000320. The Morgan fingerprint density at radius 2 is 1.97 bits per heavy atom. The summed E-state index contributed by atoms with van der Waals surface area (Å²) in [6, 6.07) is 13.8. The summed E-state index contributed by atoms with van der Waals surface area (Å²) in [5.41, 5.74) is 1.62. The minimum atomic E-state index is -0.343. The number of amides is 1. The van der Waals surface area contributed by atoms with Crippen LogP contribution in [-0.4, -0.2) is 51.7 Å². The molecule has 1 unspecified atom stereocenters. The number of para-hydroxylation sites is 2. The second kappa shape index (κ2) is 11.6. The van der Waals surface area contributed by atoms with Gasteiger partial charge >= 0.3 is 0 Å². The highest BCUT2D eigenvalue weighted by Crippen LogP contribution is 2.30. The van der Waals surface area contributed by atoms with E-state index in [-0.39, 0.29) is 48.3 Å². The van der Waals surface area contributed by atoms with Crippen molar-refractivity contribution >= 4 is 47.2 Å². The first-order valence-corrected chi connectivity index (χ1v) is 9.49. The van der Waals surface area contributed by atoms with E-state index in [2.05, 4.69) is 25.8 Å². The summed E-state index contributed by atoms with van der Waals surface area (Å²) in [5, 5.41) is 9.08. The number of aliphatic imine (C=N–C) groups is 1. The molecule has 1 heterocycles. The van der Waals surface area contributed by atoms with Crippen molar-refractivity contribution in [1.82, 2.24) is 10.6 Å². The lowest BCUT2D eigenvalue weighted by atomic mass is 10.2. The van der Waals surface area contributed by atoms with Crippen LogP contribution in [0, 0.1) is 5.82 Å². The van der Waals surface area contributed by atoms with E-state index in [1.54, 1.807) is 14.2 Å². The first-order valence-electron chi connectivity index (χ1n) is 9.49. The van der Waals surface area contributed by atoms with E-state index in [4.69, 9.17) is 4.74 Å². The molecule has 2 aromatic carbocycles. The number of nitrogens with one attached hydrogen (secondary N) is 3. The van der Waals surface area contributed by atoms with Crippen molar-refractivity contribution in [3.63, 3.8) is 0 Å². The van der Waals surface area contributed by atoms with Crippen molar-refractivity contribution in [1.29, 1.82) is 0 Å². The minimum Gasteiger partial charge on any atom is -0.495 e. The van der Waals surface area contributed by atoms with Crippen molar-refractivity contribution < 1.29 is 13.9 Å². The number of carbonyl (C=O) groups is 1. The number of guanidine groups is 1. The van der Waals surface area contributed by atoms with Crippen LogP contribution in [0.4, 0.5) is 15.8 Å². The molecule has 9 heteroatoms. The van der Waals surface area contributed by atoms with Gasteiger partial charge in [-0.2, -0.15) is 0 Å². The normalized spacial score (nSPS) is 15.9. The molecule has 1 aliphatic heterocycles. The Morgan fingerprint density at radius 1 is 1.23 bits per heavy atom. The summed E-state index contributed by atoms with van der Waals surface area (Å²) in [5.74, 6) is 0.838. The van der Waals surface area contributed by atoms with Crippen LogP contribution in [-0.2, 0) is 4.79 Å². The van der Waals surface area contributed by atoms with Gasteiger partial charge in [-0.15, -0.1) is 24.0 Å². The number of rotatable bonds is 6. The molecular weight excluding hydrogens is 500 g/mol. The molecular formula is C21H27FIN5O2. The topological polar surface area (TPSA) is 78.0 Å². The fourth-order valence-electron chi connectivity index (χ4n) is 3.28. The lowest BCUT2D eigenvalue weighted by molar-refractivity contribution is -0.115. The summed E-state index contributed by atoms with van der Waals surface area (Å²) < 4.78 is 18.4. The average molecular weight is 527 g/mol. The third kappa shape index (κ3) is 6.48. The quantitative estimate of drug-likeness (QED) is 0.306. The summed E-state index contributed by atoms with van der Waals surface area (Å²) in [7, 11) is 3.34. The molecule has 0 aliphatic carbocycles. The van der Waals surface area contributed by atoms with Gasteiger partial charge in [0.05, 0.1) is 19.3 Å². The summed E-state index contributed by atoms with van der Waals surface area (Å²) in [6.45, 7) is 1.77. The molecule has 1 aliphatic rings. The third-order valence-electron chi connectivity index (χ3n) is 4.72. The Morgan fingerprint density at radius 3 is 2.67 bits per heavy atom. The number of carbonyl (C=O) groups excluding carboxylic acids is 1. The van der Waals surface area contributed by atoms with Crippen LogP contribution in [0.5, 0.6) is 5.75 Å². The Bertz CT molecular complexity index is 863. The van der Waals surface area contributed by atoms with Gasteiger partial charge in [0.15, 0.2) is 5.96 Å². The van der Waals surface area contributed by atoms with Gasteiger partial charge in [-0.3, -0.25) is 9.79 Å². The molecule has 3 rings (SSSR count). The number of hydrogen-bond acceptors (Lipinski definition) is 4. The molecule has 0 radical (unpaired) electrons. The lowest BCUT2D eigenvalue weighted by Gasteiger charge is -2.22. The van der Waals surface area contributed by atoms with E-state index < -0.39 is 0 Å². The molecule has 0 saturated carbocycles. The standard InChI is InChI=1S/C21H26FN5O2.HI/c1-23-21(24-13-20(28)25-16-9-7-15(22)8-10-16)26-17-11-12-27(14-17)18-5-3-4-6-19(18)29-2;/h3-10,17H,11-14H2,1-2H3,(H,25,28)(H2,23,24,26);1H. The maximum atomic E-state index is 12.9. The molecule has 1 fully saturated rings. The van der Waals surface area contributed by atoms with Crippen LogP contribution in [0.15, 0.2) is 53.5 Å². The Kier molecular flexibility index (Phi) is 9.15.